The van der Waals surface area contributed by atoms with E-state index in [1.807, 2.05) is 0 Å². The van der Waals surface area contributed by atoms with Crippen LogP contribution in [0.2, 0.25) is 0 Å². The minimum Gasteiger partial charge on any atom is -0.462 e. The van der Waals surface area contributed by atoms with Crippen LogP contribution in [0.4, 0.5) is 0 Å². The van der Waals surface area contributed by atoms with E-state index in [-0.39, 0.29) is 31.1 Å². The molecule has 0 spiro atoms. The molecule has 0 aliphatic rings. The maximum Gasteiger partial charge on any atom is 0.306 e. The van der Waals surface area contributed by atoms with Crippen LogP contribution >= 0.6 is 0 Å². The highest BCUT2D eigenvalue weighted by Gasteiger charge is 2.19. The third-order valence-electron chi connectivity index (χ3n) is 13.4. The van der Waals surface area contributed by atoms with Crippen LogP contribution in [0.15, 0.2) is 0 Å². The third kappa shape index (κ3) is 53.2. The molecule has 65 heavy (non-hydrogen) atoms. The molecule has 1 atom stereocenters. The number of carbonyl (C=O) groups excluding carboxylic acids is 3. The van der Waals surface area contributed by atoms with Gasteiger partial charge in [0.1, 0.15) is 13.2 Å². The Labute approximate surface area is 406 Å². The van der Waals surface area contributed by atoms with Gasteiger partial charge in [0, 0.05) is 19.3 Å². The summed E-state index contributed by atoms with van der Waals surface area (Å²) in [6.45, 7) is 13.8. The highest BCUT2D eigenvalue weighted by Crippen LogP contribution is 2.18. The fourth-order valence-electron chi connectivity index (χ4n) is 9.00. The van der Waals surface area contributed by atoms with Crippen LogP contribution in [0.25, 0.3) is 0 Å². The van der Waals surface area contributed by atoms with E-state index in [1.165, 1.54) is 205 Å². The van der Waals surface area contributed by atoms with Crippen molar-refractivity contribution in [2.45, 2.75) is 330 Å². The van der Waals surface area contributed by atoms with Gasteiger partial charge in [0.2, 0.25) is 0 Å². The molecular weight excluding hydrogens is 805 g/mol. The van der Waals surface area contributed by atoms with Gasteiger partial charge >= 0.3 is 17.9 Å². The Balaban J connectivity index is 4.31. The molecule has 0 bridgehead atoms. The zero-order valence-electron chi connectivity index (χ0n) is 44.8. The number of unbranched alkanes of at least 4 members (excludes halogenated alkanes) is 35. The lowest BCUT2D eigenvalue weighted by Crippen LogP contribution is -2.30. The van der Waals surface area contributed by atoms with Gasteiger partial charge in [0.05, 0.1) is 0 Å². The predicted octanol–water partition coefficient (Wildman–Crippen LogP) is 19.1. The summed E-state index contributed by atoms with van der Waals surface area (Å²) in [6.07, 6.45) is 52.3. The zero-order valence-corrected chi connectivity index (χ0v) is 44.8. The van der Waals surface area contributed by atoms with E-state index in [0.717, 1.165) is 75.5 Å². The lowest BCUT2D eigenvalue weighted by Gasteiger charge is -2.18. The van der Waals surface area contributed by atoms with Crippen LogP contribution in [-0.2, 0) is 28.6 Å². The number of hydrogen-bond acceptors (Lipinski definition) is 6. The summed E-state index contributed by atoms with van der Waals surface area (Å²) in [5, 5.41) is 0. The molecule has 0 unspecified atom stereocenters. The Morgan fingerprint density at radius 3 is 0.662 bits per heavy atom. The van der Waals surface area contributed by atoms with Crippen LogP contribution in [0.5, 0.6) is 0 Å². The first-order valence-corrected chi connectivity index (χ1v) is 29.1. The van der Waals surface area contributed by atoms with Crippen molar-refractivity contribution in [3.05, 3.63) is 0 Å². The molecule has 0 aromatic carbocycles. The van der Waals surface area contributed by atoms with E-state index in [1.54, 1.807) is 0 Å². The van der Waals surface area contributed by atoms with E-state index in [0.29, 0.717) is 19.3 Å². The van der Waals surface area contributed by atoms with E-state index < -0.39 is 6.10 Å². The Morgan fingerprint density at radius 2 is 0.446 bits per heavy atom. The molecule has 0 saturated heterocycles. The number of esters is 3. The summed E-state index contributed by atoms with van der Waals surface area (Å²) in [5.74, 6) is 1.67. The lowest BCUT2D eigenvalue weighted by molar-refractivity contribution is -0.167. The second kappa shape index (κ2) is 50.3. The second-order valence-electron chi connectivity index (χ2n) is 21.7. The summed E-state index contributed by atoms with van der Waals surface area (Å²) in [5.41, 5.74) is 0. The Bertz CT molecular complexity index is 1010. The molecule has 0 rings (SSSR count). The van der Waals surface area contributed by atoms with Gasteiger partial charge in [0.15, 0.2) is 6.10 Å². The highest BCUT2D eigenvalue weighted by atomic mass is 16.6. The standard InChI is InChI=1S/C59H114O6/c1-53(2)45-39-33-27-21-15-10-7-8-12-19-26-32-38-44-50-59(62)65-56(52-64-58(61)49-43-37-31-25-20-14-17-23-29-35-41-47-55(5)6)51-63-57(60)48-42-36-30-24-18-13-9-11-16-22-28-34-40-46-54(3)4/h53-56H,7-52H2,1-6H3/t56-/m1/s1. The van der Waals surface area contributed by atoms with Gasteiger partial charge in [-0.2, -0.15) is 0 Å². The molecule has 0 aliphatic carbocycles. The van der Waals surface area contributed by atoms with E-state index in [9.17, 15) is 14.4 Å². The fourth-order valence-corrected chi connectivity index (χ4v) is 9.00. The van der Waals surface area contributed by atoms with Crippen molar-refractivity contribution in [3.63, 3.8) is 0 Å². The molecule has 0 saturated carbocycles. The van der Waals surface area contributed by atoms with Crippen LogP contribution in [0, 0.1) is 17.8 Å². The van der Waals surface area contributed by atoms with Crippen molar-refractivity contribution in [1.82, 2.24) is 0 Å². The van der Waals surface area contributed by atoms with Crippen LogP contribution in [0.3, 0.4) is 0 Å². The van der Waals surface area contributed by atoms with Crippen molar-refractivity contribution < 1.29 is 28.6 Å². The number of ether oxygens (including phenoxy) is 3. The van der Waals surface area contributed by atoms with Gasteiger partial charge in [-0.3, -0.25) is 14.4 Å². The summed E-state index contributed by atoms with van der Waals surface area (Å²) in [7, 11) is 0. The molecule has 0 fully saturated rings. The second-order valence-corrected chi connectivity index (χ2v) is 21.7. The molecule has 0 N–H and O–H groups in total. The van der Waals surface area contributed by atoms with Crippen molar-refractivity contribution in [2.24, 2.45) is 17.8 Å². The van der Waals surface area contributed by atoms with Crippen molar-refractivity contribution in [2.75, 3.05) is 13.2 Å². The summed E-state index contributed by atoms with van der Waals surface area (Å²) in [4.78, 5) is 38.2. The average Bonchev–Trinajstić information content (AvgIpc) is 3.26. The molecule has 6 heteroatoms. The molecule has 0 radical (unpaired) electrons. The Morgan fingerprint density at radius 1 is 0.262 bits per heavy atom. The molecule has 0 aromatic rings. The van der Waals surface area contributed by atoms with Crippen LogP contribution < -0.4 is 0 Å². The molecule has 0 aromatic heterocycles. The van der Waals surface area contributed by atoms with E-state index >= 15 is 0 Å². The smallest absolute Gasteiger partial charge is 0.306 e. The molecular formula is C59H114O6. The number of rotatable bonds is 52. The fraction of sp³-hybridized carbons (Fsp3) is 0.949. The van der Waals surface area contributed by atoms with Gasteiger partial charge in [-0.05, 0) is 37.0 Å². The summed E-state index contributed by atoms with van der Waals surface area (Å²) < 4.78 is 16.9. The number of carbonyl (C=O) groups is 3. The lowest BCUT2D eigenvalue weighted by atomic mass is 10.0. The van der Waals surface area contributed by atoms with Crippen molar-refractivity contribution in [3.8, 4) is 0 Å². The molecule has 6 nitrogen and oxygen atoms in total. The van der Waals surface area contributed by atoms with Gasteiger partial charge < -0.3 is 14.2 Å². The van der Waals surface area contributed by atoms with Crippen LogP contribution in [-0.4, -0.2) is 37.2 Å². The Kier molecular flexibility index (Phi) is 49.1. The topological polar surface area (TPSA) is 78.9 Å². The number of hydrogen-bond donors (Lipinski definition) is 0. The summed E-state index contributed by atoms with van der Waals surface area (Å²) in [6, 6.07) is 0. The third-order valence-corrected chi connectivity index (χ3v) is 13.4. The zero-order chi connectivity index (χ0) is 47.7. The molecule has 386 valence electrons. The first-order valence-electron chi connectivity index (χ1n) is 29.1. The normalized spacial score (nSPS) is 12.1. The maximum absolute atomic E-state index is 12.9. The monoisotopic (exact) mass is 919 g/mol. The van der Waals surface area contributed by atoms with E-state index in [4.69, 9.17) is 14.2 Å². The maximum atomic E-state index is 12.9. The van der Waals surface area contributed by atoms with Gasteiger partial charge in [-0.1, -0.05) is 286 Å². The Hall–Kier alpha value is -1.59. The summed E-state index contributed by atoms with van der Waals surface area (Å²) >= 11 is 0. The van der Waals surface area contributed by atoms with Crippen LogP contribution in [0.1, 0.15) is 324 Å². The first-order chi connectivity index (χ1) is 31.6. The van der Waals surface area contributed by atoms with E-state index in [2.05, 4.69) is 41.5 Å². The quantitative estimate of drug-likeness (QED) is 0.0344. The molecule has 0 heterocycles. The largest absolute Gasteiger partial charge is 0.462 e. The van der Waals surface area contributed by atoms with Gasteiger partial charge in [-0.15, -0.1) is 0 Å². The van der Waals surface area contributed by atoms with Crippen molar-refractivity contribution >= 4 is 17.9 Å². The van der Waals surface area contributed by atoms with Gasteiger partial charge in [0.25, 0.3) is 0 Å². The molecule has 0 aliphatic heterocycles. The average molecular weight is 920 g/mol. The first kappa shape index (κ1) is 63.4. The SMILES string of the molecule is CC(C)CCCCCCCCCCCCCCCCC(=O)O[C@H](COC(=O)CCCCCCCCCCCCCCCC(C)C)COC(=O)CCCCCCCCCCCCCC(C)C. The predicted molar refractivity (Wildman–Crippen MR) is 279 cm³/mol. The molecule has 0 amide bonds. The highest BCUT2D eigenvalue weighted by molar-refractivity contribution is 5.71. The van der Waals surface area contributed by atoms with Gasteiger partial charge in [-0.25, -0.2) is 0 Å². The van der Waals surface area contributed by atoms with Crippen molar-refractivity contribution in [1.29, 1.82) is 0 Å². The minimum atomic E-state index is -0.764. The minimum absolute atomic E-state index is 0.0635.